The predicted molar refractivity (Wildman–Crippen MR) is 64.4 cm³/mol. The first-order valence-corrected chi connectivity index (χ1v) is 5.27. The molecule has 0 saturated heterocycles. The molecule has 0 amide bonds. The Bertz CT molecular complexity index is 679. The average Bonchev–Trinajstić information content (AvgIpc) is 2.63. The molecule has 9 heteroatoms. The topological polar surface area (TPSA) is 107 Å². The van der Waals surface area contributed by atoms with Crippen LogP contribution in [0.5, 0.6) is 0 Å². The number of benzene rings is 1. The fourth-order valence-corrected chi connectivity index (χ4v) is 1.75. The molecule has 1 heterocycles. The molecule has 106 valence electrons. The van der Waals surface area contributed by atoms with Crippen molar-refractivity contribution in [1.82, 2.24) is 9.78 Å². The number of aromatic nitrogens is 2. The fraction of sp³-hybridized carbons (Fsp3) is 0.0909. The van der Waals surface area contributed by atoms with Crippen LogP contribution in [0, 0.1) is 0 Å². The lowest BCUT2D eigenvalue weighted by Crippen LogP contribution is -2.13. The number of anilines is 2. The zero-order valence-corrected chi connectivity index (χ0v) is 9.85. The second-order valence-corrected chi connectivity index (χ2v) is 3.88. The van der Waals surface area contributed by atoms with Gasteiger partial charge in [0.05, 0.1) is 11.3 Å². The summed E-state index contributed by atoms with van der Waals surface area (Å²) in [5.41, 5.74) is 8.97. The highest BCUT2D eigenvalue weighted by Crippen LogP contribution is 2.35. The first-order valence-electron chi connectivity index (χ1n) is 5.27. The van der Waals surface area contributed by atoms with Crippen LogP contribution in [0.1, 0.15) is 15.9 Å². The number of halogens is 3. The lowest BCUT2D eigenvalue weighted by Gasteiger charge is -2.13. The monoisotopic (exact) mass is 286 g/mol. The maximum absolute atomic E-state index is 12.9. The van der Waals surface area contributed by atoms with Gasteiger partial charge in [0.2, 0.25) is 0 Å². The number of carboxylic acid groups (broad SMARTS) is 1. The molecule has 5 N–H and O–H groups in total. The van der Waals surface area contributed by atoms with Gasteiger partial charge >= 0.3 is 12.1 Å². The van der Waals surface area contributed by atoms with E-state index in [9.17, 15) is 18.0 Å². The summed E-state index contributed by atoms with van der Waals surface area (Å²) in [4.78, 5) is 10.9. The number of carbonyl (C=O) groups is 1. The summed E-state index contributed by atoms with van der Waals surface area (Å²) in [7, 11) is 0. The fourth-order valence-electron chi connectivity index (χ4n) is 1.75. The zero-order valence-electron chi connectivity index (χ0n) is 9.85. The molecule has 0 bridgehead atoms. The number of alkyl halides is 3. The summed E-state index contributed by atoms with van der Waals surface area (Å²) in [5.74, 6) is -2.38. The van der Waals surface area contributed by atoms with Crippen LogP contribution in [0.25, 0.3) is 5.69 Å². The quantitative estimate of drug-likeness (QED) is 0.779. The Morgan fingerprint density at radius 3 is 2.35 bits per heavy atom. The highest BCUT2D eigenvalue weighted by Gasteiger charge is 2.35. The molecule has 0 aliphatic carbocycles. The van der Waals surface area contributed by atoms with Gasteiger partial charge in [-0.1, -0.05) is 12.1 Å². The SMILES string of the molecule is Nc1nn(-c2ccccc2C(F)(F)F)c(N)c1C(=O)O. The zero-order chi connectivity index (χ0) is 15.1. The van der Waals surface area contributed by atoms with Gasteiger partial charge < -0.3 is 16.6 Å². The third-order valence-electron chi connectivity index (χ3n) is 2.60. The summed E-state index contributed by atoms with van der Waals surface area (Å²) < 4.78 is 39.4. The minimum Gasteiger partial charge on any atom is -0.477 e. The number of rotatable bonds is 2. The van der Waals surface area contributed by atoms with E-state index in [1.807, 2.05) is 0 Å². The highest BCUT2D eigenvalue weighted by atomic mass is 19.4. The second kappa shape index (κ2) is 4.44. The molecule has 2 aromatic rings. The van der Waals surface area contributed by atoms with Crippen molar-refractivity contribution < 1.29 is 23.1 Å². The van der Waals surface area contributed by atoms with Crippen LogP contribution in [0.3, 0.4) is 0 Å². The van der Waals surface area contributed by atoms with Crippen molar-refractivity contribution in [2.45, 2.75) is 6.18 Å². The molecular weight excluding hydrogens is 277 g/mol. The number of hydrogen-bond acceptors (Lipinski definition) is 4. The number of nitrogens with zero attached hydrogens (tertiary/aromatic N) is 2. The lowest BCUT2D eigenvalue weighted by molar-refractivity contribution is -0.137. The number of carboxylic acids is 1. The van der Waals surface area contributed by atoms with Gasteiger partial charge in [-0.25, -0.2) is 9.48 Å². The van der Waals surface area contributed by atoms with Crippen LogP contribution >= 0.6 is 0 Å². The molecule has 0 saturated carbocycles. The number of hydrogen-bond donors (Lipinski definition) is 3. The molecule has 0 aliphatic rings. The maximum Gasteiger partial charge on any atom is 0.418 e. The summed E-state index contributed by atoms with van der Waals surface area (Å²) in [6, 6.07) is 4.51. The molecule has 0 fully saturated rings. The van der Waals surface area contributed by atoms with Gasteiger partial charge in [-0.3, -0.25) is 0 Å². The highest BCUT2D eigenvalue weighted by molar-refractivity contribution is 5.98. The van der Waals surface area contributed by atoms with E-state index in [-0.39, 0.29) is 0 Å². The van der Waals surface area contributed by atoms with Crippen LogP contribution in [0.2, 0.25) is 0 Å². The van der Waals surface area contributed by atoms with Crippen LogP contribution in [-0.4, -0.2) is 20.9 Å². The van der Waals surface area contributed by atoms with Crippen molar-refractivity contribution in [3.8, 4) is 5.69 Å². The van der Waals surface area contributed by atoms with E-state index in [0.717, 1.165) is 12.1 Å². The van der Waals surface area contributed by atoms with E-state index in [4.69, 9.17) is 16.6 Å². The Balaban J connectivity index is 2.71. The minimum atomic E-state index is -4.63. The molecule has 1 aromatic carbocycles. The van der Waals surface area contributed by atoms with Gasteiger partial charge in [-0.15, -0.1) is 5.10 Å². The van der Waals surface area contributed by atoms with Crippen LogP contribution in [-0.2, 0) is 6.18 Å². The predicted octanol–water partition coefficient (Wildman–Crippen LogP) is 1.75. The molecule has 0 unspecified atom stereocenters. The third-order valence-corrected chi connectivity index (χ3v) is 2.60. The van der Waals surface area contributed by atoms with Gasteiger partial charge in [0.25, 0.3) is 0 Å². The first kappa shape index (κ1) is 13.7. The van der Waals surface area contributed by atoms with Crippen molar-refractivity contribution in [2.75, 3.05) is 11.5 Å². The Morgan fingerprint density at radius 2 is 1.85 bits per heavy atom. The van der Waals surface area contributed by atoms with Crippen molar-refractivity contribution in [3.63, 3.8) is 0 Å². The Labute approximate surface area is 110 Å². The second-order valence-electron chi connectivity index (χ2n) is 3.88. The van der Waals surface area contributed by atoms with Crippen LogP contribution in [0.4, 0.5) is 24.8 Å². The van der Waals surface area contributed by atoms with E-state index in [2.05, 4.69) is 5.10 Å². The summed E-state index contributed by atoms with van der Waals surface area (Å²) in [6.07, 6.45) is -4.63. The van der Waals surface area contributed by atoms with Crippen molar-refractivity contribution in [2.24, 2.45) is 0 Å². The lowest BCUT2D eigenvalue weighted by atomic mass is 10.1. The molecule has 1 aromatic heterocycles. The molecule has 2 rings (SSSR count). The van der Waals surface area contributed by atoms with E-state index in [1.165, 1.54) is 12.1 Å². The minimum absolute atomic E-state index is 0.392. The van der Waals surface area contributed by atoms with Crippen LogP contribution in [0.15, 0.2) is 24.3 Å². The summed E-state index contributed by atoms with van der Waals surface area (Å²) in [6.45, 7) is 0. The van der Waals surface area contributed by atoms with Gasteiger partial charge in [0.1, 0.15) is 11.4 Å². The number of nitrogen functional groups attached to an aromatic ring is 2. The molecule has 6 nitrogen and oxygen atoms in total. The normalized spacial score (nSPS) is 11.6. The van der Waals surface area contributed by atoms with Gasteiger partial charge in [-0.05, 0) is 12.1 Å². The summed E-state index contributed by atoms with van der Waals surface area (Å²) >= 11 is 0. The largest absolute Gasteiger partial charge is 0.477 e. The molecule has 0 spiro atoms. The first-order chi connectivity index (χ1) is 9.23. The Morgan fingerprint density at radius 1 is 1.25 bits per heavy atom. The molecule has 0 aliphatic heterocycles. The molecule has 0 radical (unpaired) electrons. The third kappa shape index (κ3) is 2.13. The van der Waals surface area contributed by atoms with E-state index in [1.54, 1.807) is 0 Å². The van der Waals surface area contributed by atoms with Crippen molar-refractivity contribution in [3.05, 3.63) is 35.4 Å². The molecule has 20 heavy (non-hydrogen) atoms. The average molecular weight is 286 g/mol. The van der Waals surface area contributed by atoms with Gasteiger partial charge in [-0.2, -0.15) is 13.2 Å². The van der Waals surface area contributed by atoms with Gasteiger partial charge in [0.15, 0.2) is 5.82 Å². The van der Waals surface area contributed by atoms with E-state index >= 15 is 0 Å². The van der Waals surface area contributed by atoms with Crippen molar-refractivity contribution >= 4 is 17.6 Å². The van der Waals surface area contributed by atoms with Crippen molar-refractivity contribution in [1.29, 1.82) is 0 Å². The van der Waals surface area contributed by atoms with Crippen LogP contribution < -0.4 is 11.5 Å². The number of nitrogens with two attached hydrogens (primary N) is 2. The summed E-state index contributed by atoms with van der Waals surface area (Å²) in [5, 5.41) is 12.5. The Kier molecular flexibility index (Phi) is 3.04. The van der Waals surface area contributed by atoms with Gasteiger partial charge in [0, 0.05) is 0 Å². The standard InChI is InChI=1S/C11H9F3N4O2/c12-11(13,14)5-3-1-2-4-6(5)18-9(16)7(10(19)20)8(15)17-18/h1-4H,16H2,(H2,15,17)(H,19,20). The number of aromatic carboxylic acids is 1. The maximum atomic E-state index is 12.9. The number of para-hydroxylation sites is 1. The Hall–Kier alpha value is -2.71. The smallest absolute Gasteiger partial charge is 0.418 e. The molecular formula is C11H9F3N4O2. The van der Waals surface area contributed by atoms with E-state index in [0.29, 0.717) is 4.68 Å². The van der Waals surface area contributed by atoms with E-state index < -0.39 is 40.6 Å². The molecule has 0 atom stereocenters.